The number of carbonyl (C=O) groups is 1. The van der Waals surface area contributed by atoms with Gasteiger partial charge in [0.05, 0.1) is 19.4 Å². The molecule has 0 aromatic carbocycles. The average molecular weight is 170 g/mol. The quantitative estimate of drug-likeness (QED) is 0.419. The Morgan fingerprint density at radius 1 is 1.67 bits per heavy atom. The highest BCUT2D eigenvalue weighted by Gasteiger charge is 2.40. The summed E-state index contributed by atoms with van der Waals surface area (Å²) in [5.74, 6) is 0. The molecule has 0 radical (unpaired) electrons. The normalized spacial score (nSPS) is 35.0. The van der Waals surface area contributed by atoms with E-state index in [4.69, 9.17) is 4.74 Å². The van der Waals surface area contributed by atoms with Crippen LogP contribution in [0.3, 0.4) is 0 Å². The Bertz CT molecular complexity index is 270. The molecule has 0 bridgehead atoms. The maximum atomic E-state index is 11.6. The number of nitrogens with one attached hydrogen (secondary N) is 1. The third-order valence-electron chi connectivity index (χ3n) is 2.24. The molecule has 1 N–H and O–H groups in total. The van der Waals surface area contributed by atoms with E-state index in [1.54, 1.807) is 0 Å². The predicted molar refractivity (Wildman–Crippen MR) is 40.5 cm³/mol. The van der Waals surface area contributed by atoms with Crippen LogP contribution in [0.2, 0.25) is 0 Å². The molecule has 0 aliphatic carbocycles. The van der Waals surface area contributed by atoms with Gasteiger partial charge in [-0.05, 0) is 0 Å². The fourth-order valence-electron chi connectivity index (χ4n) is 1.45. The van der Waals surface area contributed by atoms with Crippen LogP contribution in [-0.4, -0.2) is 30.9 Å². The number of likely N-dealkylation sites (N-methyl/N-ethyl adjacent to an activating group) is 1. The molecule has 1 atom stereocenters. The van der Waals surface area contributed by atoms with Crippen molar-refractivity contribution in [2.24, 2.45) is 0 Å². The Morgan fingerprint density at radius 3 is 3.08 bits per heavy atom. The molecule has 5 heteroatoms. The van der Waals surface area contributed by atoms with Gasteiger partial charge in [-0.2, -0.15) is 0 Å². The number of hydroxylamine groups is 3. The van der Waals surface area contributed by atoms with Crippen molar-refractivity contribution < 1.29 is 14.2 Å². The summed E-state index contributed by atoms with van der Waals surface area (Å²) < 4.78 is 4.15. The van der Waals surface area contributed by atoms with Gasteiger partial charge in [-0.3, -0.25) is 5.32 Å². The molecule has 0 aromatic rings. The number of ether oxygens (including phenoxy) is 1. The standard InChI is InChI=1S/C7H10N2O3/c1-9(11)6-4-12-3-2-5(6)8-7(9)10/h2-4H2,1H3,(H,8,10). The van der Waals surface area contributed by atoms with Crippen LogP contribution >= 0.6 is 0 Å². The van der Waals surface area contributed by atoms with E-state index in [1.165, 1.54) is 7.05 Å². The van der Waals surface area contributed by atoms with Gasteiger partial charge in [0.25, 0.3) is 0 Å². The zero-order valence-corrected chi connectivity index (χ0v) is 6.79. The lowest BCUT2D eigenvalue weighted by atomic mass is 10.2. The molecule has 2 rings (SSSR count). The average Bonchev–Trinajstić information content (AvgIpc) is 2.25. The second-order valence-electron chi connectivity index (χ2n) is 3.08. The summed E-state index contributed by atoms with van der Waals surface area (Å²) >= 11 is 0. The third-order valence-corrected chi connectivity index (χ3v) is 2.24. The van der Waals surface area contributed by atoms with Crippen molar-refractivity contribution in [1.29, 1.82) is 0 Å². The number of rotatable bonds is 0. The highest BCUT2D eigenvalue weighted by Crippen LogP contribution is 2.27. The minimum Gasteiger partial charge on any atom is -0.619 e. The third kappa shape index (κ3) is 0.874. The monoisotopic (exact) mass is 170 g/mol. The zero-order chi connectivity index (χ0) is 8.77. The van der Waals surface area contributed by atoms with E-state index in [0.29, 0.717) is 18.7 Å². The van der Waals surface area contributed by atoms with Crippen LogP contribution in [0.25, 0.3) is 0 Å². The van der Waals surface area contributed by atoms with E-state index in [1.807, 2.05) is 0 Å². The van der Waals surface area contributed by atoms with Gasteiger partial charge >= 0.3 is 6.03 Å². The molecule has 0 aromatic heterocycles. The van der Waals surface area contributed by atoms with Gasteiger partial charge in [0.15, 0.2) is 5.70 Å². The first-order chi connectivity index (χ1) is 5.62. The van der Waals surface area contributed by atoms with E-state index < -0.39 is 10.7 Å². The highest BCUT2D eigenvalue weighted by atomic mass is 16.6. The minimum atomic E-state index is -0.949. The SMILES string of the molecule is C[N+]1([O-])C(=O)NC2=C1COCC2. The molecule has 2 aliphatic heterocycles. The largest absolute Gasteiger partial charge is 0.619 e. The lowest BCUT2D eigenvalue weighted by molar-refractivity contribution is -0.733. The second-order valence-corrected chi connectivity index (χ2v) is 3.08. The van der Waals surface area contributed by atoms with Crippen molar-refractivity contribution in [2.45, 2.75) is 6.42 Å². The van der Waals surface area contributed by atoms with Crippen molar-refractivity contribution in [2.75, 3.05) is 20.3 Å². The van der Waals surface area contributed by atoms with E-state index in [2.05, 4.69) is 5.32 Å². The molecule has 5 nitrogen and oxygen atoms in total. The number of hydrogen-bond acceptors (Lipinski definition) is 3. The van der Waals surface area contributed by atoms with Crippen molar-refractivity contribution >= 4 is 6.03 Å². The first-order valence-corrected chi connectivity index (χ1v) is 3.82. The van der Waals surface area contributed by atoms with Gasteiger partial charge in [-0.25, -0.2) is 9.44 Å². The second kappa shape index (κ2) is 2.29. The van der Waals surface area contributed by atoms with Gasteiger partial charge < -0.3 is 9.94 Å². The topological polar surface area (TPSA) is 61.4 Å². The maximum Gasteiger partial charge on any atom is 0.425 e. The van der Waals surface area contributed by atoms with Crippen LogP contribution in [-0.2, 0) is 4.74 Å². The summed E-state index contributed by atoms with van der Waals surface area (Å²) in [6, 6.07) is -0.509. The Balaban J connectivity index is 2.38. The summed E-state index contributed by atoms with van der Waals surface area (Å²) in [6.45, 7) is 0.854. The first kappa shape index (κ1) is 7.72. The Hall–Kier alpha value is -0.910. The Labute approximate surface area is 69.8 Å². The number of amides is 2. The zero-order valence-electron chi connectivity index (χ0n) is 6.79. The van der Waals surface area contributed by atoms with Gasteiger partial charge in [-0.15, -0.1) is 0 Å². The number of urea groups is 1. The lowest BCUT2D eigenvalue weighted by Crippen LogP contribution is -2.42. The van der Waals surface area contributed by atoms with Crippen LogP contribution in [0.5, 0.6) is 0 Å². The van der Waals surface area contributed by atoms with Crippen molar-refractivity contribution in [1.82, 2.24) is 5.32 Å². The molecular formula is C7H10N2O3. The fourth-order valence-corrected chi connectivity index (χ4v) is 1.45. The highest BCUT2D eigenvalue weighted by molar-refractivity contribution is 5.73. The van der Waals surface area contributed by atoms with Crippen molar-refractivity contribution in [3.05, 3.63) is 16.6 Å². The molecule has 2 heterocycles. The molecular weight excluding hydrogens is 160 g/mol. The molecule has 66 valence electrons. The summed E-state index contributed by atoms with van der Waals surface area (Å²) in [4.78, 5) is 11.1. The molecule has 1 unspecified atom stereocenters. The summed E-state index contributed by atoms with van der Waals surface area (Å²) in [7, 11) is 1.33. The number of carbonyl (C=O) groups excluding carboxylic acids is 1. The molecule has 0 spiro atoms. The van der Waals surface area contributed by atoms with Gasteiger partial charge in [0.2, 0.25) is 0 Å². The van der Waals surface area contributed by atoms with E-state index in [-0.39, 0.29) is 6.61 Å². The smallest absolute Gasteiger partial charge is 0.425 e. The van der Waals surface area contributed by atoms with Crippen LogP contribution in [0.15, 0.2) is 11.4 Å². The van der Waals surface area contributed by atoms with E-state index >= 15 is 0 Å². The summed E-state index contributed by atoms with van der Waals surface area (Å²) in [5, 5.41) is 14.2. The molecule has 0 saturated heterocycles. The number of quaternary nitrogens is 1. The fraction of sp³-hybridized carbons (Fsp3) is 0.571. The maximum absolute atomic E-state index is 11.6. The van der Waals surface area contributed by atoms with Crippen molar-refractivity contribution in [3.8, 4) is 0 Å². The predicted octanol–water partition coefficient (Wildman–Crippen LogP) is 0.286. The molecule has 0 fully saturated rings. The van der Waals surface area contributed by atoms with Crippen LogP contribution in [0.4, 0.5) is 4.79 Å². The molecule has 2 amide bonds. The lowest BCUT2D eigenvalue weighted by Gasteiger charge is -2.31. The van der Waals surface area contributed by atoms with Crippen LogP contribution in [0.1, 0.15) is 6.42 Å². The molecule has 12 heavy (non-hydrogen) atoms. The van der Waals surface area contributed by atoms with Gasteiger partial charge in [0.1, 0.15) is 6.61 Å². The Morgan fingerprint density at radius 2 is 2.42 bits per heavy atom. The number of nitrogens with zero attached hydrogens (tertiary/aromatic N) is 1. The Kier molecular flexibility index (Phi) is 1.47. The van der Waals surface area contributed by atoms with Crippen molar-refractivity contribution in [3.63, 3.8) is 0 Å². The molecule has 0 saturated carbocycles. The van der Waals surface area contributed by atoms with E-state index in [9.17, 15) is 10.0 Å². The van der Waals surface area contributed by atoms with Crippen LogP contribution in [0, 0.1) is 5.21 Å². The summed E-state index contributed by atoms with van der Waals surface area (Å²) in [5.41, 5.74) is 1.27. The molecule has 2 aliphatic rings. The number of hydrogen-bond donors (Lipinski definition) is 1. The minimum absolute atomic E-state index is 0.272. The van der Waals surface area contributed by atoms with Crippen LogP contribution < -0.4 is 5.32 Å². The van der Waals surface area contributed by atoms with Gasteiger partial charge in [0, 0.05) is 6.42 Å². The van der Waals surface area contributed by atoms with Gasteiger partial charge in [-0.1, -0.05) is 0 Å². The first-order valence-electron chi connectivity index (χ1n) is 3.82. The summed E-state index contributed by atoms with van der Waals surface area (Å²) in [6.07, 6.45) is 0.636. The van der Waals surface area contributed by atoms with E-state index in [0.717, 1.165) is 5.70 Å².